The molecule has 1 aliphatic heterocycles. The maximum absolute atomic E-state index is 11.6. The number of carboxylic acid groups (broad SMARTS) is 1. The molecule has 104 valence electrons. The Balaban J connectivity index is 2.29. The van der Waals surface area contributed by atoms with E-state index < -0.39 is 12.0 Å². The number of benzene rings is 1. The molecular weight excluding hydrogens is 246 g/mol. The molecule has 0 saturated carbocycles. The summed E-state index contributed by atoms with van der Waals surface area (Å²) < 4.78 is 10.6. The minimum Gasteiger partial charge on any atom is -0.493 e. The van der Waals surface area contributed by atoms with Gasteiger partial charge in [0.15, 0.2) is 0 Å². The van der Waals surface area contributed by atoms with Gasteiger partial charge < -0.3 is 14.6 Å². The van der Waals surface area contributed by atoms with E-state index in [4.69, 9.17) is 9.47 Å². The van der Waals surface area contributed by atoms with Crippen LogP contribution in [0.25, 0.3) is 0 Å². The average Bonchev–Trinajstić information content (AvgIpc) is 2.85. The molecule has 2 rings (SSSR count). The summed E-state index contributed by atoms with van der Waals surface area (Å²) in [5.74, 6) is -0.137. The molecule has 0 fully saturated rings. The standard InChI is InChI=1S/C14H19NO4/c1-15(7-9-18-2)12(14(16)17)11-5-3-4-10-6-8-19-13(10)11/h3-5,12H,6-9H2,1-2H3,(H,16,17)/t12-/m1/s1. The van der Waals surface area contributed by atoms with E-state index in [9.17, 15) is 9.90 Å². The summed E-state index contributed by atoms with van der Waals surface area (Å²) in [7, 11) is 3.39. The van der Waals surface area contributed by atoms with Crippen molar-refractivity contribution in [1.82, 2.24) is 4.90 Å². The van der Waals surface area contributed by atoms with Crippen molar-refractivity contribution < 1.29 is 19.4 Å². The van der Waals surface area contributed by atoms with E-state index >= 15 is 0 Å². The molecule has 0 amide bonds. The molecule has 5 nitrogen and oxygen atoms in total. The molecule has 0 spiro atoms. The summed E-state index contributed by atoms with van der Waals surface area (Å²) in [5, 5.41) is 9.49. The van der Waals surface area contributed by atoms with E-state index in [2.05, 4.69) is 0 Å². The molecule has 1 atom stereocenters. The second-order valence-corrected chi connectivity index (χ2v) is 4.65. The minimum absolute atomic E-state index is 0.496. The Morgan fingerprint density at radius 1 is 1.58 bits per heavy atom. The maximum atomic E-state index is 11.6. The van der Waals surface area contributed by atoms with Crippen LogP contribution in [0, 0.1) is 0 Å². The lowest BCUT2D eigenvalue weighted by Crippen LogP contribution is -2.33. The molecule has 1 N–H and O–H groups in total. The molecular formula is C14H19NO4. The number of ether oxygens (including phenoxy) is 2. The van der Waals surface area contributed by atoms with Gasteiger partial charge in [-0.15, -0.1) is 0 Å². The Kier molecular flexibility index (Phi) is 4.39. The SMILES string of the molecule is COCCN(C)[C@@H](C(=O)O)c1cccc2c1OCC2. The summed E-state index contributed by atoms with van der Waals surface area (Å²) in [4.78, 5) is 13.3. The number of para-hydroxylation sites is 1. The van der Waals surface area contributed by atoms with Gasteiger partial charge in [-0.1, -0.05) is 18.2 Å². The lowest BCUT2D eigenvalue weighted by atomic mass is 10.0. The molecule has 0 unspecified atom stereocenters. The number of carbonyl (C=O) groups is 1. The number of hydrogen-bond acceptors (Lipinski definition) is 4. The summed E-state index contributed by atoms with van der Waals surface area (Å²) in [6.07, 6.45) is 0.845. The monoisotopic (exact) mass is 265 g/mol. The highest BCUT2D eigenvalue weighted by Crippen LogP contribution is 2.35. The fraction of sp³-hybridized carbons (Fsp3) is 0.500. The lowest BCUT2D eigenvalue weighted by Gasteiger charge is -2.25. The third-order valence-electron chi connectivity index (χ3n) is 3.36. The van der Waals surface area contributed by atoms with Crippen LogP contribution in [-0.4, -0.2) is 49.9 Å². The van der Waals surface area contributed by atoms with Crippen LogP contribution in [0.3, 0.4) is 0 Å². The topological polar surface area (TPSA) is 59.0 Å². The number of likely N-dealkylation sites (N-methyl/N-ethyl adjacent to an activating group) is 1. The first-order valence-electron chi connectivity index (χ1n) is 6.31. The first-order valence-corrected chi connectivity index (χ1v) is 6.31. The van der Waals surface area contributed by atoms with Crippen molar-refractivity contribution >= 4 is 5.97 Å². The third-order valence-corrected chi connectivity index (χ3v) is 3.36. The van der Waals surface area contributed by atoms with Crippen molar-refractivity contribution in [2.45, 2.75) is 12.5 Å². The smallest absolute Gasteiger partial charge is 0.325 e. The first-order chi connectivity index (χ1) is 9.15. The van der Waals surface area contributed by atoms with Crippen molar-refractivity contribution in [2.75, 3.05) is 33.9 Å². The first kappa shape index (κ1) is 13.8. The molecule has 1 aromatic rings. The van der Waals surface area contributed by atoms with E-state index in [-0.39, 0.29) is 0 Å². The van der Waals surface area contributed by atoms with Gasteiger partial charge in [-0.25, -0.2) is 0 Å². The molecule has 0 bridgehead atoms. The largest absolute Gasteiger partial charge is 0.493 e. The van der Waals surface area contributed by atoms with E-state index in [1.54, 1.807) is 19.1 Å². The van der Waals surface area contributed by atoms with Crippen molar-refractivity contribution in [1.29, 1.82) is 0 Å². The Morgan fingerprint density at radius 2 is 2.37 bits per heavy atom. The van der Waals surface area contributed by atoms with E-state index in [0.29, 0.717) is 19.8 Å². The quantitative estimate of drug-likeness (QED) is 0.840. The van der Waals surface area contributed by atoms with Crippen LogP contribution in [0.15, 0.2) is 18.2 Å². The summed E-state index contributed by atoms with van der Waals surface area (Å²) in [6, 6.07) is 5.00. The van der Waals surface area contributed by atoms with Crippen molar-refractivity contribution in [3.8, 4) is 5.75 Å². The molecule has 1 aliphatic rings. The molecule has 5 heteroatoms. The fourth-order valence-corrected chi connectivity index (χ4v) is 2.38. The highest BCUT2D eigenvalue weighted by Gasteiger charge is 2.30. The van der Waals surface area contributed by atoms with E-state index in [1.165, 1.54) is 0 Å². The van der Waals surface area contributed by atoms with Crippen molar-refractivity contribution in [3.63, 3.8) is 0 Å². The highest BCUT2D eigenvalue weighted by molar-refractivity contribution is 5.77. The third kappa shape index (κ3) is 2.88. The van der Waals surface area contributed by atoms with Gasteiger partial charge in [0.2, 0.25) is 0 Å². The Labute approximate surface area is 112 Å². The average molecular weight is 265 g/mol. The Bertz CT molecular complexity index is 461. The molecule has 1 aromatic carbocycles. The van der Waals surface area contributed by atoms with Gasteiger partial charge in [0, 0.05) is 25.6 Å². The highest BCUT2D eigenvalue weighted by atomic mass is 16.5. The number of carboxylic acids is 1. The van der Waals surface area contributed by atoms with Gasteiger partial charge in [-0.3, -0.25) is 9.69 Å². The van der Waals surface area contributed by atoms with Crippen molar-refractivity contribution in [3.05, 3.63) is 29.3 Å². The van der Waals surface area contributed by atoms with Crippen LogP contribution in [-0.2, 0) is 16.0 Å². The number of aliphatic carboxylic acids is 1. The molecule has 0 saturated heterocycles. The van der Waals surface area contributed by atoms with Gasteiger partial charge in [0.05, 0.1) is 13.2 Å². The van der Waals surface area contributed by atoms with Crippen LogP contribution in [0.4, 0.5) is 0 Å². The number of hydrogen-bond donors (Lipinski definition) is 1. The zero-order chi connectivity index (χ0) is 13.8. The van der Waals surface area contributed by atoms with Gasteiger partial charge in [0.1, 0.15) is 11.8 Å². The second-order valence-electron chi connectivity index (χ2n) is 4.65. The van der Waals surface area contributed by atoms with Crippen LogP contribution >= 0.6 is 0 Å². The van der Waals surface area contributed by atoms with Crippen LogP contribution in [0.1, 0.15) is 17.2 Å². The number of nitrogens with zero attached hydrogens (tertiary/aromatic N) is 1. The predicted octanol–water partition coefficient (Wildman–Crippen LogP) is 1.33. The zero-order valence-corrected chi connectivity index (χ0v) is 11.3. The Morgan fingerprint density at radius 3 is 3.05 bits per heavy atom. The Hall–Kier alpha value is -1.59. The summed E-state index contributed by atoms with van der Waals surface area (Å²) in [5.41, 5.74) is 1.81. The van der Waals surface area contributed by atoms with Crippen LogP contribution in [0.5, 0.6) is 5.75 Å². The fourth-order valence-electron chi connectivity index (χ4n) is 2.38. The molecule has 1 heterocycles. The summed E-state index contributed by atoms with van der Waals surface area (Å²) >= 11 is 0. The van der Waals surface area contributed by atoms with Gasteiger partial charge in [-0.05, 0) is 12.6 Å². The molecule has 0 aliphatic carbocycles. The molecule has 19 heavy (non-hydrogen) atoms. The minimum atomic E-state index is -0.873. The lowest BCUT2D eigenvalue weighted by molar-refractivity contribution is -0.143. The molecule has 0 aromatic heterocycles. The number of rotatable bonds is 6. The molecule has 0 radical (unpaired) electrons. The predicted molar refractivity (Wildman–Crippen MR) is 70.5 cm³/mol. The van der Waals surface area contributed by atoms with E-state index in [1.807, 2.05) is 18.2 Å². The van der Waals surface area contributed by atoms with E-state index in [0.717, 1.165) is 23.3 Å². The van der Waals surface area contributed by atoms with Crippen LogP contribution in [0.2, 0.25) is 0 Å². The van der Waals surface area contributed by atoms with Gasteiger partial charge in [0.25, 0.3) is 0 Å². The van der Waals surface area contributed by atoms with Gasteiger partial charge >= 0.3 is 5.97 Å². The van der Waals surface area contributed by atoms with Crippen molar-refractivity contribution in [2.24, 2.45) is 0 Å². The normalized spacial score (nSPS) is 15.1. The maximum Gasteiger partial charge on any atom is 0.325 e. The number of methoxy groups -OCH3 is 1. The van der Waals surface area contributed by atoms with Gasteiger partial charge in [-0.2, -0.15) is 0 Å². The zero-order valence-electron chi connectivity index (χ0n) is 11.3. The number of fused-ring (bicyclic) bond motifs is 1. The second kappa shape index (κ2) is 6.04. The summed E-state index contributed by atoms with van der Waals surface area (Å²) in [6.45, 7) is 1.67. The van der Waals surface area contributed by atoms with Crippen LogP contribution < -0.4 is 4.74 Å².